The Kier molecular flexibility index (Phi) is 3.57. The summed E-state index contributed by atoms with van der Waals surface area (Å²) in [6.07, 6.45) is 1.37. The largest absolute Gasteiger partial charge is 0.363 e. The molecule has 8 heteroatoms. The minimum absolute atomic E-state index is 0.0726. The molecule has 0 aliphatic rings. The van der Waals surface area contributed by atoms with Crippen LogP contribution in [0.1, 0.15) is 5.69 Å². The number of anilines is 1. The monoisotopic (exact) mass is 320 g/mol. The van der Waals surface area contributed by atoms with Gasteiger partial charge in [0.05, 0.1) is 11.0 Å². The molecule has 0 atom stereocenters. The molecule has 2 heterocycles. The van der Waals surface area contributed by atoms with E-state index in [-0.39, 0.29) is 4.87 Å². The van der Waals surface area contributed by atoms with Crippen LogP contribution in [0.15, 0.2) is 21.0 Å². The van der Waals surface area contributed by atoms with Crippen molar-refractivity contribution in [2.75, 3.05) is 5.32 Å². The lowest BCUT2D eigenvalue weighted by Gasteiger charge is -2.05. The van der Waals surface area contributed by atoms with Crippen LogP contribution in [0, 0.1) is 0 Å². The first kappa shape index (κ1) is 11.6. The highest BCUT2D eigenvalue weighted by atomic mass is 79.9. The van der Waals surface area contributed by atoms with E-state index >= 15 is 0 Å². The summed E-state index contributed by atoms with van der Waals surface area (Å²) in [5, 5.41) is 5.14. The zero-order valence-corrected chi connectivity index (χ0v) is 11.0. The van der Waals surface area contributed by atoms with Crippen LogP contribution in [0.4, 0.5) is 5.82 Å². The van der Waals surface area contributed by atoms with Crippen molar-refractivity contribution in [2.45, 2.75) is 6.54 Å². The van der Waals surface area contributed by atoms with E-state index in [0.29, 0.717) is 22.0 Å². The molecule has 84 valence electrons. The predicted molar refractivity (Wildman–Crippen MR) is 67.0 cm³/mol. The first-order valence-electron chi connectivity index (χ1n) is 4.23. The number of hydrogen-bond donors (Lipinski definition) is 2. The average molecular weight is 322 g/mol. The molecular formula is C8H6BrClN4OS. The van der Waals surface area contributed by atoms with E-state index in [1.807, 2.05) is 0 Å². The van der Waals surface area contributed by atoms with Crippen LogP contribution >= 0.6 is 38.9 Å². The third-order valence-corrected chi connectivity index (χ3v) is 3.75. The number of aromatic nitrogens is 3. The van der Waals surface area contributed by atoms with Crippen molar-refractivity contribution in [3.63, 3.8) is 0 Å². The van der Waals surface area contributed by atoms with Gasteiger partial charge >= 0.3 is 4.87 Å². The summed E-state index contributed by atoms with van der Waals surface area (Å²) in [6.45, 7) is 0.477. The quantitative estimate of drug-likeness (QED) is 0.851. The summed E-state index contributed by atoms with van der Waals surface area (Å²) in [4.78, 5) is 21.3. The summed E-state index contributed by atoms with van der Waals surface area (Å²) in [7, 11) is 0. The van der Waals surface area contributed by atoms with Gasteiger partial charge in [-0.05, 0) is 15.9 Å². The number of nitrogens with one attached hydrogen (secondary N) is 2. The molecule has 0 aliphatic heterocycles. The molecule has 0 amide bonds. The average Bonchev–Trinajstić information content (AvgIpc) is 2.67. The highest BCUT2D eigenvalue weighted by Gasteiger charge is 2.06. The Morgan fingerprint density at radius 1 is 1.56 bits per heavy atom. The molecule has 2 rings (SSSR count). The molecule has 0 saturated heterocycles. The van der Waals surface area contributed by atoms with Crippen LogP contribution in [0.2, 0.25) is 5.15 Å². The van der Waals surface area contributed by atoms with Crippen LogP contribution in [-0.4, -0.2) is 15.0 Å². The van der Waals surface area contributed by atoms with Crippen LogP contribution in [-0.2, 0) is 6.54 Å². The van der Waals surface area contributed by atoms with E-state index in [1.54, 1.807) is 5.38 Å². The van der Waals surface area contributed by atoms with E-state index in [0.717, 1.165) is 17.0 Å². The van der Waals surface area contributed by atoms with E-state index in [4.69, 9.17) is 11.6 Å². The van der Waals surface area contributed by atoms with Gasteiger partial charge in [-0.15, -0.1) is 0 Å². The topological polar surface area (TPSA) is 70.7 Å². The molecule has 5 nitrogen and oxygen atoms in total. The minimum Gasteiger partial charge on any atom is -0.363 e. The van der Waals surface area contributed by atoms with Gasteiger partial charge in [-0.2, -0.15) is 0 Å². The SMILES string of the molecule is O=c1[nH]c(CNc2ncnc(Cl)c2Br)cs1. The minimum atomic E-state index is -0.0726. The highest BCUT2D eigenvalue weighted by molar-refractivity contribution is 9.10. The Morgan fingerprint density at radius 3 is 3.06 bits per heavy atom. The molecule has 0 saturated carbocycles. The normalized spacial score (nSPS) is 10.4. The molecule has 0 bridgehead atoms. The predicted octanol–water partition coefficient (Wildman–Crippen LogP) is 2.25. The standard InChI is InChI=1S/C8H6BrClN4OS/c9-5-6(10)12-3-13-7(5)11-1-4-2-16-8(15)14-4/h2-3H,1H2,(H,14,15)(H,11,12,13). The Bertz CT molecular complexity index is 555. The maximum Gasteiger partial charge on any atom is 0.304 e. The zero-order chi connectivity index (χ0) is 11.5. The smallest absolute Gasteiger partial charge is 0.304 e. The Labute approximate surface area is 108 Å². The van der Waals surface area contributed by atoms with E-state index in [2.05, 4.69) is 36.2 Å². The maximum absolute atomic E-state index is 10.9. The molecule has 2 aromatic heterocycles. The van der Waals surface area contributed by atoms with Crippen LogP contribution in [0.3, 0.4) is 0 Å². The third kappa shape index (κ3) is 2.60. The van der Waals surface area contributed by atoms with Gasteiger partial charge in [0.2, 0.25) is 0 Å². The number of halogens is 2. The molecule has 0 aromatic carbocycles. The van der Waals surface area contributed by atoms with Gasteiger partial charge in [-0.1, -0.05) is 22.9 Å². The van der Waals surface area contributed by atoms with Crippen LogP contribution in [0.25, 0.3) is 0 Å². The van der Waals surface area contributed by atoms with Gasteiger partial charge < -0.3 is 10.3 Å². The second-order valence-electron chi connectivity index (χ2n) is 2.85. The number of aromatic amines is 1. The van der Waals surface area contributed by atoms with Gasteiger partial charge in [0.25, 0.3) is 0 Å². The lowest BCUT2D eigenvalue weighted by molar-refractivity contribution is 1.02. The van der Waals surface area contributed by atoms with Crippen LogP contribution < -0.4 is 10.2 Å². The Morgan fingerprint density at radius 2 is 2.38 bits per heavy atom. The van der Waals surface area contributed by atoms with E-state index in [1.165, 1.54) is 6.33 Å². The number of nitrogens with zero attached hydrogens (tertiary/aromatic N) is 2. The lowest BCUT2D eigenvalue weighted by Crippen LogP contribution is -2.05. The first-order chi connectivity index (χ1) is 7.66. The van der Waals surface area contributed by atoms with Crippen molar-refractivity contribution < 1.29 is 0 Å². The molecule has 2 aromatic rings. The molecular weight excluding hydrogens is 316 g/mol. The second kappa shape index (κ2) is 4.94. The maximum atomic E-state index is 10.9. The van der Waals surface area contributed by atoms with Crippen molar-refractivity contribution in [1.82, 2.24) is 15.0 Å². The number of hydrogen-bond acceptors (Lipinski definition) is 5. The fourth-order valence-corrected chi connectivity index (χ4v) is 2.11. The summed E-state index contributed by atoms with van der Waals surface area (Å²) < 4.78 is 0.606. The number of rotatable bonds is 3. The number of H-pyrrole nitrogens is 1. The summed E-state index contributed by atoms with van der Waals surface area (Å²) >= 11 is 10.2. The Hall–Kier alpha value is -0.920. The second-order valence-corrected chi connectivity index (χ2v) is 4.85. The van der Waals surface area contributed by atoms with Crippen molar-refractivity contribution in [3.05, 3.63) is 36.7 Å². The van der Waals surface area contributed by atoms with Crippen molar-refractivity contribution >= 4 is 44.7 Å². The van der Waals surface area contributed by atoms with Gasteiger partial charge in [0.1, 0.15) is 17.3 Å². The zero-order valence-electron chi connectivity index (χ0n) is 7.83. The molecule has 2 N–H and O–H groups in total. The molecule has 0 radical (unpaired) electrons. The lowest BCUT2D eigenvalue weighted by atomic mass is 10.4. The third-order valence-electron chi connectivity index (χ3n) is 1.76. The highest BCUT2D eigenvalue weighted by Crippen LogP contribution is 2.26. The van der Waals surface area contributed by atoms with Gasteiger partial charge in [-0.25, -0.2) is 9.97 Å². The van der Waals surface area contributed by atoms with Gasteiger partial charge in [0.15, 0.2) is 0 Å². The van der Waals surface area contributed by atoms with Crippen LogP contribution in [0.5, 0.6) is 0 Å². The first-order valence-corrected chi connectivity index (χ1v) is 6.28. The van der Waals surface area contributed by atoms with Gasteiger partial charge in [0, 0.05) is 11.1 Å². The fraction of sp³-hybridized carbons (Fsp3) is 0.125. The van der Waals surface area contributed by atoms with Crippen molar-refractivity contribution in [2.24, 2.45) is 0 Å². The summed E-state index contributed by atoms with van der Waals surface area (Å²) in [5.41, 5.74) is 0.802. The van der Waals surface area contributed by atoms with Crippen molar-refractivity contribution in [3.8, 4) is 0 Å². The fourth-order valence-electron chi connectivity index (χ4n) is 1.05. The van der Waals surface area contributed by atoms with E-state index in [9.17, 15) is 4.79 Å². The summed E-state index contributed by atoms with van der Waals surface area (Å²) in [6, 6.07) is 0. The summed E-state index contributed by atoms with van der Waals surface area (Å²) in [5.74, 6) is 0.590. The van der Waals surface area contributed by atoms with E-state index < -0.39 is 0 Å². The number of thiazole rings is 1. The molecule has 0 fully saturated rings. The Balaban J connectivity index is 2.10. The van der Waals surface area contributed by atoms with Crippen molar-refractivity contribution in [1.29, 1.82) is 0 Å². The molecule has 0 unspecified atom stereocenters. The molecule has 0 aliphatic carbocycles. The molecule has 0 spiro atoms. The van der Waals surface area contributed by atoms with Gasteiger partial charge in [-0.3, -0.25) is 4.79 Å². The molecule has 16 heavy (non-hydrogen) atoms.